The monoisotopic (exact) mass is 546 g/mol. The summed E-state index contributed by atoms with van der Waals surface area (Å²) in [5.74, 6) is -1.15. The van der Waals surface area contributed by atoms with Gasteiger partial charge >= 0.3 is 17.9 Å². The van der Waals surface area contributed by atoms with Gasteiger partial charge in [-0.3, -0.25) is 14.4 Å². The highest BCUT2D eigenvalue weighted by molar-refractivity contribution is 5.67. The largest absolute Gasteiger partial charge is 0.489 e. The van der Waals surface area contributed by atoms with Crippen LogP contribution in [0.3, 0.4) is 0 Å². The Morgan fingerprint density at radius 2 is 1.67 bits per heavy atom. The minimum absolute atomic E-state index is 0.0400. The predicted molar refractivity (Wildman–Crippen MR) is 137 cm³/mol. The molecule has 212 valence electrons. The summed E-state index contributed by atoms with van der Waals surface area (Å²) in [6.45, 7) is 4.36. The highest BCUT2D eigenvalue weighted by Gasteiger charge is 2.44. The van der Waals surface area contributed by atoms with Gasteiger partial charge in [0.25, 0.3) is 0 Å². The van der Waals surface area contributed by atoms with E-state index < -0.39 is 42.5 Å². The number of unbranched alkanes of at least 4 members (excludes halogenated alkanes) is 1. The van der Waals surface area contributed by atoms with Gasteiger partial charge in [-0.15, -0.1) is 0 Å². The van der Waals surface area contributed by atoms with Crippen LogP contribution in [0.1, 0.15) is 51.2 Å². The third-order valence-corrected chi connectivity index (χ3v) is 5.91. The molecule has 1 saturated heterocycles. The second-order valence-corrected chi connectivity index (χ2v) is 9.28. The van der Waals surface area contributed by atoms with Crippen molar-refractivity contribution in [1.29, 1.82) is 0 Å². The van der Waals surface area contributed by atoms with Crippen molar-refractivity contribution >= 4 is 17.9 Å². The Labute approximate surface area is 227 Å². The van der Waals surface area contributed by atoms with E-state index in [-0.39, 0.29) is 25.5 Å². The molecule has 1 heterocycles. The summed E-state index contributed by atoms with van der Waals surface area (Å²) in [5, 5.41) is 0. The van der Waals surface area contributed by atoms with Crippen molar-refractivity contribution in [3.63, 3.8) is 0 Å². The SMILES string of the molecule is CC(=O)OC[C@@H]1C[C@H](OC(C)=O)[C@@H](OC(C)=O)[C@H](OCCCCc2ccc(OCc3cccc(F)c3)cc2)O1. The van der Waals surface area contributed by atoms with Crippen molar-refractivity contribution in [3.8, 4) is 5.75 Å². The first kappa shape index (κ1) is 30.0. The van der Waals surface area contributed by atoms with Gasteiger partial charge in [0.2, 0.25) is 0 Å². The summed E-state index contributed by atoms with van der Waals surface area (Å²) in [6, 6.07) is 14.0. The van der Waals surface area contributed by atoms with Gasteiger partial charge in [-0.05, 0) is 54.7 Å². The van der Waals surface area contributed by atoms with Gasteiger partial charge in [-0.1, -0.05) is 24.3 Å². The fourth-order valence-corrected chi connectivity index (χ4v) is 4.17. The molecule has 1 fully saturated rings. The summed E-state index contributed by atoms with van der Waals surface area (Å²) < 4.78 is 46.6. The number of carbonyl (C=O) groups excluding carboxylic acids is 3. The van der Waals surface area contributed by atoms with E-state index in [4.69, 9.17) is 28.4 Å². The summed E-state index contributed by atoms with van der Waals surface area (Å²) in [4.78, 5) is 34.6. The third-order valence-electron chi connectivity index (χ3n) is 5.91. The van der Waals surface area contributed by atoms with Gasteiger partial charge in [0, 0.05) is 33.8 Å². The van der Waals surface area contributed by atoms with Crippen molar-refractivity contribution in [2.75, 3.05) is 13.2 Å². The van der Waals surface area contributed by atoms with Crippen LogP contribution in [0.15, 0.2) is 48.5 Å². The number of carbonyl (C=O) groups is 3. The number of ether oxygens (including phenoxy) is 6. The molecule has 9 nitrogen and oxygen atoms in total. The van der Waals surface area contributed by atoms with E-state index >= 15 is 0 Å². The molecule has 0 amide bonds. The minimum atomic E-state index is -0.984. The number of benzene rings is 2. The van der Waals surface area contributed by atoms with Crippen LogP contribution in [0.4, 0.5) is 4.39 Å². The third kappa shape index (κ3) is 10.6. The Morgan fingerprint density at radius 3 is 2.33 bits per heavy atom. The quantitative estimate of drug-likeness (QED) is 0.207. The number of hydrogen-bond acceptors (Lipinski definition) is 9. The van der Waals surface area contributed by atoms with Crippen molar-refractivity contribution < 1.29 is 47.2 Å². The number of esters is 3. The molecule has 0 saturated carbocycles. The Kier molecular flexibility index (Phi) is 11.7. The molecule has 4 atom stereocenters. The van der Waals surface area contributed by atoms with Crippen molar-refractivity contribution in [3.05, 3.63) is 65.5 Å². The van der Waals surface area contributed by atoms with E-state index in [1.54, 1.807) is 6.07 Å². The zero-order valence-electron chi connectivity index (χ0n) is 22.4. The molecule has 0 unspecified atom stereocenters. The molecule has 0 aliphatic carbocycles. The van der Waals surface area contributed by atoms with Gasteiger partial charge in [-0.2, -0.15) is 0 Å². The fraction of sp³-hybridized carbons (Fsp3) is 0.483. The lowest BCUT2D eigenvalue weighted by atomic mass is 10.0. The maximum atomic E-state index is 13.3. The smallest absolute Gasteiger partial charge is 0.303 e. The van der Waals surface area contributed by atoms with Crippen molar-refractivity contribution in [1.82, 2.24) is 0 Å². The maximum Gasteiger partial charge on any atom is 0.303 e. The summed E-state index contributed by atoms with van der Waals surface area (Å²) in [7, 11) is 0. The van der Waals surface area contributed by atoms with E-state index in [2.05, 4.69) is 0 Å². The molecular weight excluding hydrogens is 511 g/mol. The molecule has 2 aromatic rings. The normalized spacial score (nSPS) is 20.6. The molecule has 0 spiro atoms. The summed E-state index contributed by atoms with van der Waals surface area (Å²) >= 11 is 0. The molecule has 2 aromatic carbocycles. The second kappa shape index (κ2) is 15.2. The maximum absolute atomic E-state index is 13.3. The predicted octanol–water partition coefficient (Wildman–Crippen LogP) is 4.29. The van der Waals surface area contributed by atoms with Crippen LogP contribution in [-0.2, 0) is 51.1 Å². The van der Waals surface area contributed by atoms with Gasteiger partial charge < -0.3 is 28.4 Å². The highest BCUT2D eigenvalue weighted by atomic mass is 19.1. The standard InChI is InChI=1S/C29H35FO9/c1-19(31)35-18-26-16-27(37-20(2)32)28(38-21(3)33)29(39-26)34-14-5-4-7-22-10-12-25(13-11-22)36-17-23-8-6-9-24(30)15-23/h6,8-13,15,26-29H,4-5,7,14,16-18H2,1-3H3/t26-,27-,28+,29+/m0/s1. The Morgan fingerprint density at radius 1 is 0.923 bits per heavy atom. The van der Waals surface area contributed by atoms with E-state index in [0.717, 1.165) is 24.0 Å². The highest BCUT2D eigenvalue weighted by Crippen LogP contribution is 2.27. The van der Waals surface area contributed by atoms with Crippen LogP contribution in [0.5, 0.6) is 5.75 Å². The molecule has 3 rings (SSSR count). The molecular formula is C29H35FO9. The van der Waals surface area contributed by atoms with Crippen LogP contribution in [0.2, 0.25) is 0 Å². The molecule has 1 aliphatic heterocycles. The first-order valence-electron chi connectivity index (χ1n) is 12.9. The number of rotatable bonds is 13. The first-order valence-corrected chi connectivity index (χ1v) is 12.9. The minimum Gasteiger partial charge on any atom is -0.489 e. The zero-order valence-corrected chi connectivity index (χ0v) is 22.4. The van der Waals surface area contributed by atoms with E-state index in [9.17, 15) is 18.8 Å². The van der Waals surface area contributed by atoms with Crippen LogP contribution in [0.25, 0.3) is 0 Å². The molecule has 0 N–H and O–H groups in total. The van der Waals surface area contributed by atoms with Gasteiger partial charge in [-0.25, -0.2) is 4.39 Å². The molecule has 0 radical (unpaired) electrons. The number of hydrogen-bond donors (Lipinski definition) is 0. The van der Waals surface area contributed by atoms with Crippen LogP contribution < -0.4 is 4.74 Å². The number of halogens is 1. The fourth-order valence-electron chi connectivity index (χ4n) is 4.17. The van der Waals surface area contributed by atoms with E-state index in [0.29, 0.717) is 18.8 Å². The molecule has 1 aliphatic rings. The van der Waals surface area contributed by atoms with Gasteiger partial charge in [0.15, 0.2) is 12.4 Å². The topological polar surface area (TPSA) is 107 Å². The van der Waals surface area contributed by atoms with Crippen LogP contribution in [-0.4, -0.2) is 55.7 Å². The molecule has 39 heavy (non-hydrogen) atoms. The van der Waals surface area contributed by atoms with Crippen LogP contribution >= 0.6 is 0 Å². The van der Waals surface area contributed by atoms with Crippen LogP contribution in [0, 0.1) is 5.82 Å². The molecule has 10 heteroatoms. The Balaban J connectivity index is 1.47. The van der Waals surface area contributed by atoms with Gasteiger partial charge in [0.1, 0.15) is 30.9 Å². The lowest BCUT2D eigenvalue weighted by molar-refractivity contribution is -0.279. The molecule has 0 aromatic heterocycles. The van der Waals surface area contributed by atoms with E-state index in [1.165, 1.54) is 32.9 Å². The lowest BCUT2D eigenvalue weighted by Gasteiger charge is -2.39. The van der Waals surface area contributed by atoms with E-state index in [1.807, 2.05) is 30.3 Å². The van der Waals surface area contributed by atoms with Crippen molar-refractivity contribution in [2.24, 2.45) is 0 Å². The second-order valence-electron chi connectivity index (χ2n) is 9.28. The zero-order chi connectivity index (χ0) is 28.2. The van der Waals surface area contributed by atoms with Crippen molar-refractivity contribution in [2.45, 2.75) is 77.7 Å². The summed E-state index contributed by atoms with van der Waals surface area (Å²) in [6.07, 6.45) is -0.814. The molecule has 0 bridgehead atoms. The average Bonchev–Trinajstić information content (AvgIpc) is 2.88. The summed E-state index contributed by atoms with van der Waals surface area (Å²) in [5.41, 5.74) is 1.88. The Bertz CT molecular complexity index is 1090. The Hall–Kier alpha value is -3.50. The number of aryl methyl sites for hydroxylation is 1. The average molecular weight is 547 g/mol. The lowest BCUT2D eigenvalue weighted by Crippen LogP contribution is -2.54. The first-order chi connectivity index (χ1) is 18.7. The van der Waals surface area contributed by atoms with Gasteiger partial charge in [0.05, 0.1) is 6.10 Å².